The first-order chi connectivity index (χ1) is 40.9. The molecule has 0 saturated carbocycles. The summed E-state index contributed by atoms with van der Waals surface area (Å²) in [5.41, 5.74) is 10.5. The van der Waals surface area contributed by atoms with Crippen molar-refractivity contribution in [3.05, 3.63) is 178 Å². The molecule has 0 radical (unpaired) electrons. The first-order valence-corrected chi connectivity index (χ1v) is 28.7. The van der Waals surface area contributed by atoms with E-state index < -0.39 is 59.1 Å². The molecule has 3 aliphatic heterocycles. The number of carbonyl (C=O) groups is 6. The van der Waals surface area contributed by atoms with Gasteiger partial charge in [-0.25, -0.2) is 9.59 Å². The summed E-state index contributed by atoms with van der Waals surface area (Å²) in [6.45, 7) is 3.79. The molecule has 11 rings (SSSR count). The Hall–Kier alpha value is -9.46. The topological polar surface area (TPSA) is 235 Å². The number of amides is 5. The van der Waals surface area contributed by atoms with Gasteiger partial charge in [-0.3, -0.25) is 39.1 Å². The number of esters is 1. The number of azo groups is 1. The van der Waals surface area contributed by atoms with Crippen LogP contribution in [0, 0.1) is 10.1 Å². The molecule has 0 aromatic heterocycles. The smallest absolute Gasteiger partial charge is 0.410 e. The van der Waals surface area contributed by atoms with Crippen LogP contribution in [0.25, 0.3) is 22.3 Å². The third-order valence-electron chi connectivity index (χ3n) is 16.7. The van der Waals surface area contributed by atoms with Gasteiger partial charge in [0.2, 0.25) is 17.7 Å². The normalized spacial score (nSPS) is 18.7. The summed E-state index contributed by atoms with van der Waals surface area (Å²) in [7, 11) is 0. The van der Waals surface area contributed by atoms with Gasteiger partial charge in [0.05, 0.1) is 41.3 Å². The van der Waals surface area contributed by atoms with Crippen LogP contribution in [0.5, 0.6) is 0 Å². The molecule has 2 aliphatic carbocycles. The average Bonchev–Trinajstić information content (AvgIpc) is 2.49. The van der Waals surface area contributed by atoms with Gasteiger partial charge in [0.25, 0.3) is 5.69 Å². The van der Waals surface area contributed by atoms with Gasteiger partial charge in [-0.2, -0.15) is 10.2 Å². The molecule has 5 aliphatic rings. The number of likely N-dealkylation sites (N-methyl/N-ethyl adjacent to an activating group) is 1. The summed E-state index contributed by atoms with van der Waals surface area (Å²) in [6.07, 6.45) is 0.269. The number of nitrogens with zero attached hydrogens (tertiary/aromatic N) is 7. The Balaban J connectivity index is 0.710. The van der Waals surface area contributed by atoms with Crippen molar-refractivity contribution in [3.8, 4) is 22.3 Å². The molecule has 84 heavy (non-hydrogen) atoms. The first kappa shape index (κ1) is 56.4. The SMILES string of the molecule is CCN(CCOC(=O)CCC(=O)N1C[C@@H](NC(=O)[C@H]2CCCN2C(=O)OCC2c3ccccc3-c3ccccc32)[C@H](NC(=O)[C@H]2CCCN2C(=O)OCC2c3ccccc3-c3ccccc32)C1)c1ccc(N=Nc2ccc([N+](=O)[O-])cc2)cc1. The van der Waals surface area contributed by atoms with Gasteiger partial charge in [0.1, 0.15) is 31.9 Å². The number of fused-ring (bicyclic) bond motifs is 6. The molecule has 0 bridgehead atoms. The molecule has 6 aromatic rings. The van der Waals surface area contributed by atoms with Gasteiger partial charge >= 0.3 is 18.2 Å². The largest absolute Gasteiger partial charge is 0.464 e. The van der Waals surface area contributed by atoms with Gasteiger partial charge in [-0.1, -0.05) is 97.1 Å². The van der Waals surface area contributed by atoms with Crippen LogP contribution in [0.15, 0.2) is 156 Å². The monoisotopic (exact) mass is 1140 g/mol. The Bertz CT molecular complexity index is 3240. The number of carbonyl (C=O) groups excluding carboxylic acids is 6. The maximum Gasteiger partial charge on any atom is 0.410 e. The Labute approximate surface area is 485 Å². The number of non-ortho nitro benzene ring substituents is 1. The zero-order valence-electron chi connectivity index (χ0n) is 46.5. The second-order valence-electron chi connectivity index (χ2n) is 21.6. The molecule has 20 heteroatoms. The van der Waals surface area contributed by atoms with E-state index in [0.717, 1.165) is 50.2 Å². The molecule has 3 saturated heterocycles. The van der Waals surface area contributed by atoms with Crippen LogP contribution in [0.2, 0.25) is 0 Å². The number of likely N-dealkylation sites (tertiary alicyclic amines) is 3. The number of ether oxygens (including phenoxy) is 3. The van der Waals surface area contributed by atoms with Crippen molar-refractivity contribution >= 4 is 58.6 Å². The van der Waals surface area contributed by atoms with Gasteiger partial charge < -0.3 is 34.6 Å². The molecule has 2 N–H and O–H groups in total. The van der Waals surface area contributed by atoms with Crippen molar-refractivity contribution in [2.45, 2.75) is 81.5 Å². The zero-order valence-corrected chi connectivity index (χ0v) is 46.5. The van der Waals surface area contributed by atoms with E-state index in [1.165, 1.54) is 39.0 Å². The average molecular weight is 1140 g/mol. The van der Waals surface area contributed by atoms with E-state index in [-0.39, 0.29) is 69.2 Å². The molecular formula is C64H65N9O11. The fourth-order valence-corrected chi connectivity index (χ4v) is 12.4. The molecule has 3 fully saturated rings. The molecule has 6 aromatic carbocycles. The Morgan fingerprint density at radius 1 is 0.583 bits per heavy atom. The molecule has 5 amide bonds. The van der Waals surface area contributed by atoms with Crippen LogP contribution >= 0.6 is 0 Å². The van der Waals surface area contributed by atoms with Crippen LogP contribution in [-0.2, 0) is 33.4 Å². The van der Waals surface area contributed by atoms with Crippen molar-refractivity contribution < 1.29 is 47.9 Å². The van der Waals surface area contributed by atoms with E-state index in [1.54, 1.807) is 12.1 Å². The predicted octanol–water partition coefficient (Wildman–Crippen LogP) is 9.80. The Morgan fingerprint density at radius 3 is 1.44 bits per heavy atom. The molecule has 432 valence electrons. The number of hydrogen-bond donors (Lipinski definition) is 2. The number of hydrogen-bond acceptors (Lipinski definition) is 14. The van der Waals surface area contributed by atoms with Crippen LogP contribution in [0.1, 0.15) is 79.5 Å². The first-order valence-electron chi connectivity index (χ1n) is 28.7. The molecule has 0 spiro atoms. The van der Waals surface area contributed by atoms with Crippen LogP contribution in [0.4, 0.5) is 32.3 Å². The lowest BCUT2D eigenvalue weighted by Gasteiger charge is -2.29. The summed E-state index contributed by atoms with van der Waals surface area (Å²) in [5.74, 6) is -2.20. The number of anilines is 1. The standard InChI is InChI=1S/C64H65N9O11/c1-2-69(43-27-23-41(24-28-43)67-68-42-25-29-44(30-26-42)73(80)81)35-36-82-60(75)32-31-59(74)70-37-55(65-61(76)57-21-11-33-71(57)63(78)83-39-53-49-17-7-3-13-45(49)46-14-4-8-18-50(46)53)56(38-70)66-62(77)58-22-12-34-72(58)64(79)84-40-54-51-19-9-5-15-47(51)48-16-6-10-20-52(48)54/h3-10,13-20,23-30,53-58H,2,11-12,21-22,31-40H2,1H3,(H,65,76)(H,66,77)/t55-,56-,57-,58-/m1/s1. The summed E-state index contributed by atoms with van der Waals surface area (Å²) < 4.78 is 17.6. The Morgan fingerprint density at radius 2 is 1.01 bits per heavy atom. The van der Waals surface area contributed by atoms with Gasteiger partial charge in [-0.05, 0) is 114 Å². The lowest BCUT2D eigenvalue weighted by Crippen LogP contribution is -2.57. The van der Waals surface area contributed by atoms with E-state index in [9.17, 15) is 38.9 Å². The summed E-state index contributed by atoms with van der Waals surface area (Å²) in [6, 6.07) is 41.9. The van der Waals surface area contributed by atoms with Crippen molar-refractivity contribution in [2.75, 3.05) is 64.0 Å². The van der Waals surface area contributed by atoms with Crippen LogP contribution < -0.4 is 15.5 Å². The molecule has 20 nitrogen and oxygen atoms in total. The molecular weight excluding hydrogens is 1070 g/mol. The van der Waals surface area contributed by atoms with E-state index in [0.29, 0.717) is 63.2 Å². The number of nitrogens with one attached hydrogen (secondary N) is 2. The summed E-state index contributed by atoms with van der Waals surface area (Å²) in [4.78, 5) is 101. The number of nitro groups is 1. The predicted molar refractivity (Wildman–Crippen MR) is 312 cm³/mol. The van der Waals surface area contributed by atoms with Gasteiger partial charge in [-0.15, -0.1) is 0 Å². The molecule has 3 heterocycles. The Kier molecular flexibility index (Phi) is 17.0. The number of nitro benzene ring substituents is 1. The second kappa shape index (κ2) is 25.4. The minimum absolute atomic E-state index is 0.00561. The van der Waals surface area contributed by atoms with E-state index >= 15 is 0 Å². The highest BCUT2D eigenvalue weighted by Crippen LogP contribution is 2.46. The highest BCUT2D eigenvalue weighted by molar-refractivity contribution is 5.89. The third-order valence-corrected chi connectivity index (χ3v) is 16.7. The highest BCUT2D eigenvalue weighted by Gasteiger charge is 2.44. The summed E-state index contributed by atoms with van der Waals surface area (Å²) in [5, 5.41) is 25.5. The van der Waals surface area contributed by atoms with E-state index in [2.05, 4.69) is 45.1 Å². The minimum atomic E-state index is -0.869. The third kappa shape index (κ3) is 12.2. The van der Waals surface area contributed by atoms with Crippen LogP contribution in [0.3, 0.4) is 0 Å². The van der Waals surface area contributed by atoms with Crippen LogP contribution in [-0.4, -0.2) is 139 Å². The molecule has 4 atom stereocenters. The quantitative estimate of drug-likeness (QED) is 0.0254. The number of benzene rings is 6. The maximum atomic E-state index is 14.4. The van der Waals surface area contributed by atoms with E-state index in [1.807, 2.05) is 96.8 Å². The van der Waals surface area contributed by atoms with Crippen molar-refractivity contribution in [1.29, 1.82) is 0 Å². The fraction of sp³-hybridized carbons (Fsp3) is 0.344. The second-order valence-corrected chi connectivity index (χ2v) is 21.6. The lowest BCUT2D eigenvalue weighted by atomic mass is 9.98. The van der Waals surface area contributed by atoms with Crippen molar-refractivity contribution in [2.24, 2.45) is 10.2 Å². The van der Waals surface area contributed by atoms with Crippen molar-refractivity contribution in [3.63, 3.8) is 0 Å². The maximum absolute atomic E-state index is 14.4. The van der Waals surface area contributed by atoms with E-state index in [4.69, 9.17) is 14.2 Å². The lowest BCUT2D eigenvalue weighted by molar-refractivity contribution is -0.384. The van der Waals surface area contributed by atoms with Crippen molar-refractivity contribution in [1.82, 2.24) is 25.3 Å². The highest BCUT2D eigenvalue weighted by atomic mass is 16.6. The summed E-state index contributed by atoms with van der Waals surface area (Å²) >= 11 is 0. The number of rotatable bonds is 19. The zero-order chi connectivity index (χ0) is 58.3. The minimum Gasteiger partial charge on any atom is -0.464 e. The molecule has 0 unspecified atom stereocenters. The fourth-order valence-electron chi connectivity index (χ4n) is 12.4. The van der Waals surface area contributed by atoms with Gasteiger partial charge in [0, 0.05) is 68.8 Å². The van der Waals surface area contributed by atoms with Gasteiger partial charge in [0.15, 0.2) is 0 Å².